The van der Waals surface area contributed by atoms with Crippen molar-refractivity contribution in [2.45, 2.75) is 33.6 Å². The lowest BCUT2D eigenvalue weighted by molar-refractivity contribution is 0.409. The van der Waals surface area contributed by atoms with Gasteiger partial charge in [-0.25, -0.2) is 0 Å². The van der Waals surface area contributed by atoms with Crippen LogP contribution < -0.4 is 9.80 Å². The highest BCUT2D eigenvalue weighted by atomic mass is 15.1. The summed E-state index contributed by atoms with van der Waals surface area (Å²) in [6.07, 6.45) is 4.31. The molecule has 0 N–H and O–H groups in total. The van der Waals surface area contributed by atoms with E-state index in [1.54, 1.807) is 6.08 Å². The smallest absolute Gasteiger partial charge is 0.0366 e. The van der Waals surface area contributed by atoms with Gasteiger partial charge in [-0.05, 0) is 63.8 Å². The van der Waals surface area contributed by atoms with Crippen molar-refractivity contribution in [2.24, 2.45) is 5.92 Å². The van der Waals surface area contributed by atoms with Crippen LogP contribution in [0.2, 0.25) is 0 Å². The Balaban J connectivity index is 0.000000758. The van der Waals surface area contributed by atoms with Gasteiger partial charge in [0, 0.05) is 38.1 Å². The third-order valence-corrected chi connectivity index (χ3v) is 5.02. The Morgan fingerprint density at radius 3 is 1.92 bits per heavy atom. The van der Waals surface area contributed by atoms with Crippen molar-refractivity contribution in [3.8, 4) is 0 Å². The van der Waals surface area contributed by atoms with Crippen molar-refractivity contribution >= 4 is 11.4 Å². The van der Waals surface area contributed by atoms with Crippen LogP contribution in [0, 0.1) is 19.8 Å². The maximum Gasteiger partial charge on any atom is 0.0366 e. The van der Waals surface area contributed by atoms with Gasteiger partial charge in [0.2, 0.25) is 0 Å². The number of nitrogens with zero attached hydrogens (tertiary/aromatic N) is 2. The van der Waals surface area contributed by atoms with Crippen LogP contribution >= 0.6 is 0 Å². The summed E-state index contributed by atoms with van der Waals surface area (Å²) in [6.45, 7) is 13.1. The lowest BCUT2D eigenvalue weighted by atomic mass is 9.95. The first-order chi connectivity index (χ1) is 12.5. The molecule has 2 aromatic rings. The first kappa shape index (κ1) is 20.1. The summed E-state index contributed by atoms with van der Waals surface area (Å²) in [5, 5.41) is 0. The molecule has 0 aromatic heterocycles. The second-order valence-electron chi connectivity index (χ2n) is 7.39. The summed E-state index contributed by atoms with van der Waals surface area (Å²) in [5.74, 6) is 0.794. The molecule has 2 nitrogen and oxygen atoms in total. The van der Waals surface area contributed by atoms with E-state index in [-0.39, 0.29) is 0 Å². The number of benzene rings is 2. The van der Waals surface area contributed by atoms with Crippen LogP contribution in [0.25, 0.3) is 0 Å². The summed E-state index contributed by atoms with van der Waals surface area (Å²) in [4.78, 5) is 4.94. The third-order valence-electron chi connectivity index (χ3n) is 5.02. The largest absolute Gasteiger partial charge is 0.374 e. The Labute approximate surface area is 160 Å². The van der Waals surface area contributed by atoms with E-state index in [1.807, 2.05) is 6.92 Å². The van der Waals surface area contributed by atoms with Crippen molar-refractivity contribution in [1.29, 1.82) is 0 Å². The lowest BCUT2D eigenvalue weighted by Crippen LogP contribution is -2.37. The molecule has 1 saturated heterocycles. The van der Waals surface area contributed by atoms with Crippen molar-refractivity contribution in [2.75, 3.05) is 36.5 Å². The van der Waals surface area contributed by atoms with Crippen LogP contribution in [0.15, 0.2) is 61.2 Å². The van der Waals surface area contributed by atoms with Crippen LogP contribution in [0.4, 0.5) is 11.4 Å². The molecule has 0 amide bonds. The molecule has 0 radical (unpaired) electrons. The number of anilines is 2. The highest BCUT2D eigenvalue weighted by Gasteiger charge is 2.20. The fraction of sp³-hybridized carbons (Fsp3) is 0.417. The molecular weight excluding hydrogens is 316 g/mol. The Morgan fingerprint density at radius 2 is 1.42 bits per heavy atom. The molecule has 140 valence electrons. The minimum absolute atomic E-state index is 0.794. The predicted octanol–water partition coefficient (Wildman–Crippen LogP) is 5.85. The van der Waals surface area contributed by atoms with Crippen LogP contribution in [0.3, 0.4) is 0 Å². The molecule has 2 aromatic carbocycles. The van der Waals surface area contributed by atoms with Gasteiger partial charge >= 0.3 is 0 Å². The summed E-state index contributed by atoms with van der Waals surface area (Å²) >= 11 is 0. The number of hydrogen-bond donors (Lipinski definition) is 0. The second-order valence-corrected chi connectivity index (χ2v) is 7.39. The lowest BCUT2D eigenvalue weighted by Gasteiger charge is -2.35. The van der Waals surface area contributed by atoms with E-state index in [4.69, 9.17) is 0 Å². The Hall–Kier alpha value is -2.22. The van der Waals surface area contributed by atoms with Crippen LogP contribution in [0.5, 0.6) is 0 Å². The van der Waals surface area contributed by atoms with Gasteiger partial charge in [-0.3, -0.25) is 0 Å². The molecule has 0 atom stereocenters. The molecule has 0 unspecified atom stereocenters. The van der Waals surface area contributed by atoms with Gasteiger partial charge in [-0.2, -0.15) is 0 Å². The molecule has 0 saturated carbocycles. The summed E-state index contributed by atoms with van der Waals surface area (Å²) in [6, 6.07) is 17.8. The van der Waals surface area contributed by atoms with Gasteiger partial charge in [-0.15, -0.1) is 6.58 Å². The minimum Gasteiger partial charge on any atom is -0.374 e. The first-order valence-corrected chi connectivity index (χ1v) is 9.70. The molecule has 0 bridgehead atoms. The van der Waals surface area contributed by atoms with E-state index in [9.17, 15) is 0 Å². The van der Waals surface area contributed by atoms with Gasteiger partial charge < -0.3 is 9.80 Å². The zero-order valence-electron chi connectivity index (χ0n) is 16.9. The quantitative estimate of drug-likeness (QED) is 0.638. The molecule has 1 fully saturated rings. The van der Waals surface area contributed by atoms with Crippen LogP contribution in [-0.2, 0) is 0 Å². The normalized spacial score (nSPS) is 14.4. The fourth-order valence-electron chi connectivity index (χ4n) is 3.42. The van der Waals surface area contributed by atoms with E-state index >= 15 is 0 Å². The van der Waals surface area contributed by atoms with Gasteiger partial charge in [0.1, 0.15) is 0 Å². The number of rotatable bonds is 4. The highest BCUT2D eigenvalue weighted by Crippen LogP contribution is 2.25. The van der Waals surface area contributed by atoms with Gasteiger partial charge in [0.05, 0.1) is 0 Å². The van der Waals surface area contributed by atoms with Gasteiger partial charge in [-0.1, -0.05) is 41.5 Å². The number of hydrogen-bond acceptors (Lipinski definition) is 2. The van der Waals surface area contributed by atoms with Gasteiger partial charge in [0.25, 0.3) is 0 Å². The Morgan fingerprint density at radius 1 is 0.962 bits per heavy atom. The van der Waals surface area contributed by atoms with Crippen molar-refractivity contribution in [1.82, 2.24) is 0 Å². The van der Waals surface area contributed by atoms with Crippen molar-refractivity contribution in [3.63, 3.8) is 0 Å². The number of aryl methyl sites for hydroxylation is 2. The molecule has 0 spiro atoms. The third kappa shape index (κ3) is 5.94. The van der Waals surface area contributed by atoms with Crippen molar-refractivity contribution in [3.05, 3.63) is 72.3 Å². The molecule has 0 aliphatic carbocycles. The molecule has 2 heteroatoms. The SMILES string of the molecule is C=CC.Cc1ccc(N(C)CC2CCN(c3ccc(C)cc3)CC2)cc1. The maximum absolute atomic E-state index is 3.36. The minimum atomic E-state index is 0.794. The Kier molecular flexibility index (Phi) is 7.77. The molecule has 1 aliphatic heterocycles. The molecule has 1 aliphatic rings. The predicted molar refractivity (Wildman–Crippen MR) is 116 cm³/mol. The highest BCUT2D eigenvalue weighted by molar-refractivity contribution is 5.48. The fourth-order valence-corrected chi connectivity index (χ4v) is 3.42. The second kappa shape index (κ2) is 10.1. The first-order valence-electron chi connectivity index (χ1n) is 9.70. The topological polar surface area (TPSA) is 6.48 Å². The average Bonchev–Trinajstić information content (AvgIpc) is 2.64. The monoisotopic (exact) mass is 350 g/mol. The van der Waals surface area contributed by atoms with E-state index < -0.39 is 0 Å². The van der Waals surface area contributed by atoms with Crippen molar-refractivity contribution < 1.29 is 0 Å². The standard InChI is InChI=1S/C21H28N2.C3H6/c1-17-4-8-20(9-5-17)22(3)16-19-12-14-23(15-13-19)21-10-6-18(2)7-11-21;1-3-2/h4-11,19H,12-16H2,1-3H3;3H,1H2,2H3. The summed E-state index contributed by atoms with van der Waals surface area (Å²) in [5.41, 5.74) is 5.37. The number of allylic oxidation sites excluding steroid dienone is 1. The molecule has 26 heavy (non-hydrogen) atoms. The van der Waals surface area contributed by atoms with E-state index in [1.165, 1.54) is 48.4 Å². The number of piperidine rings is 1. The van der Waals surface area contributed by atoms with Crippen LogP contribution in [0.1, 0.15) is 30.9 Å². The molecule has 3 rings (SSSR count). The zero-order chi connectivity index (χ0) is 18.9. The zero-order valence-corrected chi connectivity index (χ0v) is 16.9. The molecule has 1 heterocycles. The van der Waals surface area contributed by atoms with Gasteiger partial charge in [0.15, 0.2) is 0 Å². The van der Waals surface area contributed by atoms with E-state index in [0.717, 1.165) is 12.5 Å². The maximum atomic E-state index is 3.36. The Bertz CT molecular complexity index is 650. The summed E-state index contributed by atoms with van der Waals surface area (Å²) in [7, 11) is 2.22. The average molecular weight is 351 g/mol. The van der Waals surface area contributed by atoms with E-state index in [2.05, 4.69) is 85.8 Å². The van der Waals surface area contributed by atoms with Crippen LogP contribution in [-0.4, -0.2) is 26.7 Å². The van der Waals surface area contributed by atoms with E-state index in [0.29, 0.717) is 0 Å². The molecular formula is C24H34N2. The summed E-state index contributed by atoms with van der Waals surface area (Å²) < 4.78 is 0.